The van der Waals surface area contributed by atoms with E-state index in [1.165, 1.54) is 0 Å². The van der Waals surface area contributed by atoms with Gasteiger partial charge >= 0.3 is 0 Å². The predicted molar refractivity (Wildman–Crippen MR) is 116 cm³/mol. The lowest BCUT2D eigenvalue weighted by Gasteiger charge is -2.11. The summed E-state index contributed by atoms with van der Waals surface area (Å²) < 4.78 is 12.7. The van der Waals surface area contributed by atoms with Gasteiger partial charge in [-0.3, -0.25) is 9.36 Å². The third-order valence-electron chi connectivity index (χ3n) is 4.50. The van der Waals surface area contributed by atoms with E-state index in [-0.39, 0.29) is 5.56 Å². The maximum absolute atomic E-state index is 12.6. The molecule has 1 N–H and O–H groups in total. The number of hydrogen-bond acceptors (Lipinski definition) is 6. The smallest absolute Gasteiger partial charge is 0.262 e. The highest BCUT2D eigenvalue weighted by Gasteiger charge is 2.09. The van der Waals surface area contributed by atoms with Gasteiger partial charge in [0.05, 0.1) is 30.8 Å². The predicted octanol–water partition coefficient (Wildman–Crippen LogP) is 4.05. The molecule has 0 saturated heterocycles. The lowest BCUT2D eigenvalue weighted by atomic mass is 10.2. The highest BCUT2D eigenvalue weighted by Crippen LogP contribution is 2.27. The summed E-state index contributed by atoms with van der Waals surface area (Å²) in [5.74, 6) is 1.76. The van der Waals surface area contributed by atoms with Crippen molar-refractivity contribution >= 4 is 23.1 Å². The first-order chi connectivity index (χ1) is 14.2. The quantitative estimate of drug-likeness (QED) is 0.337. The minimum Gasteiger partial charge on any atom is -0.493 e. The molecule has 2 aromatic carbocycles. The van der Waals surface area contributed by atoms with Crippen LogP contribution in [0, 0.1) is 0 Å². The van der Waals surface area contributed by atoms with Gasteiger partial charge in [0.2, 0.25) is 5.95 Å². The van der Waals surface area contributed by atoms with Crippen molar-refractivity contribution in [3.63, 3.8) is 0 Å². The summed E-state index contributed by atoms with van der Waals surface area (Å²) >= 11 is 0. The van der Waals surface area contributed by atoms with Crippen molar-refractivity contribution in [1.29, 1.82) is 0 Å². The molecular weight excluding hydrogens is 368 g/mol. The van der Waals surface area contributed by atoms with Crippen LogP contribution in [-0.2, 0) is 6.54 Å². The third-order valence-corrected chi connectivity index (χ3v) is 4.50. The molecule has 152 valence electrons. The molecule has 7 nitrogen and oxygen atoms in total. The summed E-state index contributed by atoms with van der Waals surface area (Å²) in [4.78, 5) is 17.2. The van der Waals surface area contributed by atoms with Crippen molar-refractivity contribution in [2.75, 3.05) is 19.1 Å². The van der Waals surface area contributed by atoms with E-state index in [9.17, 15) is 4.79 Å². The van der Waals surface area contributed by atoms with E-state index >= 15 is 0 Å². The molecule has 0 atom stereocenters. The van der Waals surface area contributed by atoms with Gasteiger partial charge in [-0.1, -0.05) is 25.5 Å². The second-order valence-corrected chi connectivity index (χ2v) is 6.48. The number of fused-ring (bicyclic) bond motifs is 1. The number of ether oxygens (including phenoxy) is 2. The van der Waals surface area contributed by atoms with Crippen molar-refractivity contribution in [3.05, 3.63) is 58.4 Å². The van der Waals surface area contributed by atoms with Crippen molar-refractivity contribution < 1.29 is 9.47 Å². The van der Waals surface area contributed by atoms with Crippen molar-refractivity contribution in [2.24, 2.45) is 5.10 Å². The van der Waals surface area contributed by atoms with Crippen LogP contribution in [0.25, 0.3) is 10.9 Å². The number of nitrogens with one attached hydrogen (secondary N) is 1. The van der Waals surface area contributed by atoms with E-state index in [1.54, 1.807) is 24.0 Å². The van der Waals surface area contributed by atoms with Crippen LogP contribution in [0.3, 0.4) is 0 Å². The van der Waals surface area contributed by atoms with Crippen LogP contribution in [-0.4, -0.2) is 29.5 Å². The summed E-state index contributed by atoms with van der Waals surface area (Å²) in [6.45, 7) is 5.17. The number of para-hydroxylation sites is 1. The maximum atomic E-state index is 12.6. The molecule has 0 aliphatic heterocycles. The number of unbranched alkanes of at least 4 members (excludes halogenated alkanes) is 1. The van der Waals surface area contributed by atoms with Gasteiger partial charge in [-0.15, -0.1) is 0 Å². The largest absolute Gasteiger partial charge is 0.493 e. The zero-order chi connectivity index (χ0) is 20.6. The van der Waals surface area contributed by atoms with E-state index in [2.05, 4.69) is 22.4 Å². The Kier molecular flexibility index (Phi) is 6.84. The zero-order valence-corrected chi connectivity index (χ0v) is 17.0. The Balaban J connectivity index is 1.80. The Hall–Kier alpha value is -3.35. The van der Waals surface area contributed by atoms with Gasteiger partial charge in [0.25, 0.3) is 5.56 Å². The van der Waals surface area contributed by atoms with Gasteiger partial charge in [-0.25, -0.2) is 10.4 Å². The number of rotatable bonds is 9. The molecule has 29 heavy (non-hydrogen) atoms. The molecule has 0 fully saturated rings. The van der Waals surface area contributed by atoms with Crippen molar-refractivity contribution in [2.45, 2.75) is 33.2 Å². The fourth-order valence-electron chi connectivity index (χ4n) is 2.92. The fraction of sp³-hybridized carbons (Fsp3) is 0.318. The molecule has 3 aromatic rings. The molecule has 0 aliphatic carbocycles. The topological polar surface area (TPSA) is 77.7 Å². The van der Waals surface area contributed by atoms with E-state index in [4.69, 9.17) is 9.47 Å². The third kappa shape index (κ3) is 4.74. The molecule has 1 heterocycles. The summed E-state index contributed by atoms with van der Waals surface area (Å²) in [6.07, 6.45) is 3.72. The maximum Gasteiger partial charge on any atom is 0.262 e. The van der Waals surface area contributed by atoms with Gasteiger partial charge in [-0.2, -0.15) is 5.10 Å². The van der Waals surface area contributed by atoms with Gasteiger partial charge in [-0.05, 0) is 49.2 Å². The van der Waals surface area contributed by atoms with Gasteiger partial charge < -0.3 is 9.47 Å². The zero-order valence-electron chi connectivity index (χ0n) is 17.0. The number of methoxy groups -OCH3 is 1. The molecule has 7 heteroatoms. The molecule has 0 unspecified atom stereocenters. The van der Waals surface area contributed by atoms with E-state index < -0.39 is 0 Å². The first-order valence-electron chi connectivity index (χ1n) is 9.77. The summed E-state index contributed by atoms with van der Waals surface area (Å²) in [7, 11) is 1.61. The van der Waals surface area contributed by atoms with Gasteiger partial charge in [0.15, 0.2) is 11.5 Å². The second kappa shape index (κ2) is 9.73. The monoisotopic (exact) mass is 394 g/mol. The van der Waals surface area contributed by atoms with E-state index in [0.717, 1.165) is 18.4 Å². The van der Waals surface area contributed by atoms with E-state index in [1.807, 2.05) is 43.3 Å². The molecular formula is C22H26N4O3. The number of aromatic nitrogens is 2. The van der Waals surface area contributed by atoms with Gasteiger partial charge in [0, 0.05) is 6.54 Å². The average molecular weight is 394 g/mol. The number of benzene rings is 2. The number of hydrogen-bond donors (Lipinski definition) is 1. The average Bonchev–Trinajstić information content (AvgIpc) is 2.75. The van der Waals surface area contributed by atoms with Crippen LogP contribution in [0.5, 0.6) is 11.5 Å². The fourth-order valence-corrected chi connectivity index (χ4v) is 2.92. The minimum absolute atomic E-state index is 0.0916. The molecule has 3 rings (SSSR count). The standard InChI is InChI=1S/C22H26N4O3/c1-4-6-13-29-19-12-11-16(14-20(19)28-3)15-23-25-22-24-18-10-8-7-9-17(18)21(27)26(22)5-2/h7-12,14-15H,4-6,13H2,1-3H3,(H,24,25)/b23-15-. The van der Waals surface area contributed by atoms with Gasteiger partial charge in [0.1, 0.15) is 0 Å². The normalized spacial score (nSPS) is 11.1. The second-order valence-electron chi connectivity index (χ2n) is 6.48. The van der Waals surface area contributed by atoms with Crippen LogP contribution in [0.4, 0.5) is 5.95 Å². The summed E-state index contributed by atoms with van der Waals surface area (Å²) in [5, 5.41) is 4.85. The summed E-state index contributed by atoms with van der Waals surface area (Å²) in [5.41, 5.74) is 4.27. The lowest BCUT2D eigenvalue weighted by Crippen LogP contribution is -2.23. The van der Waals surface area contributed by atoms with Crippen LogP contribution >= 0.6 is 0 Å². The molecule has 0 radical (unpaired) electrons. The molecule has 0 saturated carbocycles. The Labute approximate surface area is 170 Å². The molecule has 0 amide bonds. The SMILES string of the molecule is CCCCOc1ccc(/C=N\Nc2nc3ccccc3c(=O)n2CC)cc1OC. The molecule has 0 spiro atoms. The number of hydrazone groups is 1. The lowest BCUT2D eigenvalue weighted by molar-refractivity contribution is 0.288. The molecule has 0 bridgehead atoms. The summed E-state index contributed by atoms with van der Waals surface area (Å²) in [6, 6.07) is 12.9. The highest BCUT2D eigenvalue weighted by molar-refractivity contribution is 5.82. The molecule has 0 aliphatic rings. The number of nitrogens with zero attached hydrogens (tertiary/aromatic N) is 3. The van der Waals surface area contributed by atoms with E-state index in [0.29, 0.717) is 41.5 Å². The first-order valence-corrected chi connectivity index (χ1v) is 9.77. The van der Waals surface area contributed by atoms with Crippen LogP contribution in [0.15, 0.2) is 52.4 Å². The van der Waals surface area contributed by atoms with Crippen LogP contribution < -0.4 is 20.5 Å². The number of anilines is 1. The van der Waals surface area contributed by atoms with Crippen LogP contribution in [0.2, 0.25) is 0 Å². The van der Waals surface area contributed by atoms with Crippen molar-refractivity contribution in [1.82, 2.24) is 9.55 Å². The van der Waals surface area contributed by atoms with Crippen LogP contribution in [0.1, 0.15) is 32.3 Å². The Bertz CT molecular complexity index is 1060. The minimum atomic E-state index is -0.0916. The highest BCUT2D eigenvalue weighted by atomic mass is 16.5. The first kappa shape index (κ1) is 20.4. The molecule has 1 aromatic heterocycles. The van der Waals surface area contributed by atoms with Crippen molar-refractivity contribution in [3.8, 4) is 11.5 Å². The Morgan fingerprint density at radius 1 is 1.17 bits per heavy atom. The Morgan fingerprint density at radius 3 is 2.76 bits per heavy atom. The Morgan fingerprint density at radius 2 is 2.00 bits per heavy atom.